The van der Waals surface area contributed by atoms with Gasteiger partial charge in [0.2, 0.25) is 0 Å². The van der Waals surface area contributed by atoms with Crippen LogP contribution in [-0.2, 0) is 0 Å². The van der Waals surface area contributed by atoms with Crippen molar-refractivity contribution < 1.29 is 20.6 Å². The average Bonchev–Trinajstić information content (AvgIpc) is 0.918. The summed E-state index contributed by atoms with van der Waals surface area (Å²) >= 11 is -0.167. The summed E-state index contributed by atoms with van der Waals surface area (Å²) in [5.41, 5.74) is 0. The Hall–Kier alpha value is 0.170. The largest absolute Gasteiger partial charge is 0.506 e. The molecule has 0 saturated heterocycles. The predicted octanol–water partition coefficient (Wildman–Crippen LogP) is -1.58. The molecule has 0 aromatic carbocycles. The number of hydrogen-bond acceptors (Lipinski definition) is 3. The van der Waals surface area contributed by atoms with E-state index in [1.807, 2.05) is 0 Å². The topological polar surface area (TPSA) is 78.3 Å². The van der Waals surface area contributed by atoms with E-state index in [-0.39, 0.29) is 17.5 Å². The molecule has 0 radical (unpaired) electrons. The summed E-state index contributed by atoms with van der Waals surface area (Å²) < 4.78 is 15.2. The van der Waals surface area contributed by atoms with E-state index in [1.54, 1.807) is 0 Å². The van der Waals surface area contributed by atoms with Gasteiger partial charge < -0.3 is 10.8 Å². The van der Waals surface area contributed by atoms with Crippen molar-refractivity contribution in [2.24, 2.45) is 0 Å². The molecule has 3 nitrogen and oxygen atoms in total. The van der Waals surface area contributed by atoms with Gasteiger partial charge in [-0.1, -0.05) is 0 Å². The van der Waals surface area contributed by atoms with E-state index in [2.05, 4.69) is 0 Å². The minimum Gasteiger partial charge on any atom is -0.506 e. The van der Waals surface area contributed by atoms with Gasteiger partial charge in [0.15, 0.2) is 0 Å². The van der Waals surface area contributed by atoms with Gasteiger partial charge in [0.05, 0.1) is 0 Å². The second kappa shape index (κ2) is 10.9. The molecule has 0 aliphatic carbocycles. The Bertz CT molecular complexity index is 6.00. The van der Waals surface area contributed by atoms with Gasteiger partial charge in [-0.05, 0) is 0 Å². The molecule has 0 aromatic rings. The molecule has 0 spiro atoms. The Morgan fingerprint density at radius 3 is 1.75 bits per heavy atom. The Morgan fingerprint density at radius 2 is 1.75 bits per heavy atom. The van der Waals surface area contributed by atoms with Crippen LogP contribution in [0.1, 0.15) is 0 Å². The number of halogens is 1. The maximum Gasteiger partial charge on any atom is 0.327 e. The quantitative estimate of drug-likeness (QED) is 0.373. The van der Waals surface area contributed by atoms with Crippen molar-refractivity contribution in [1.29, 1.82) is 0 Å². The first-order valence-electron chi connectivity index (χ1n) is 0.323. The second-order valence-electron chi connectivity index (χ2n) is 0.0690. The maximum atomic E-state index is 8.35. The molecule has 28 valence electrons. The number of hydrogen-bond donors (Lipinski definition) is 2. The summed E-state index contributed by atoms with van der Waals surface area (Å²) in [6.07, 6.45) is 0. The van der Waals surface area contributed by atoms with Gasteiger partial charge in [-0.15, -0.1) is 4.66 Å². The van der Waals surface area contributed by atoms with Gasteiger partial charge in [0.1, 0.15) is 0 Å². The van der Waals surface area contributed by atoms with E-state index < -0.39 is 0 Å². The molecule has 0 rings (SSSR count). The zero-order valence-electron chi connectivity index (χ0n) is 1.94. The van der Waals surface area contributed by atoms with Crippen LogP contribution < -0.4 is 10.8 Å². The zero-order chi connectivity index (χ0) is 2.71. The molecule has 0 atom stereocenters. The van der Waals surface area contributed by atoms with Crippen LogP contribution in [0.25, 0.3) is 0 Å². The summed E-state index contributed by atoms with van der Waals surface area (Å²) in [6, 6.07) is 0. The Kier molecular flexibility index (Phi) is 24.3. The molecular formula is H4ClNO2. The first-order valence-corrected chi connectivity index (χ1v) is 0.970. The fourth-order valence-electron chi connectivity index (χ4n) is 0. The van der Waals surface area contributed by atoms with E-state index in [9.17, 15) is 0 Å². The van der Waals surface area contributed by atoms with Crippen molar-refractivity contribution in [3.63, 3.8) is 0 Å². The van der Waals surface area contributed by atoms with Crippen LogP contribution in [0.4, 0.5) is 0 Å². The first kappa shape index (κ1) is 8.90. The lowest BCUT2D eigenvalue weighted by Crippen LogP contribution is -1.94. The number of rotatable bonds is 0. The maximum absolute atomic E-state index is 8.35. The van der Waals surface area contributed by atoms with Crippen molar-refractivity contribution in [3.8, 4) is 0 Å². The molecule has 0 amide bonds. The molecule has 0 heterocycles. The average molecular weight is 85.5 g/mol. The highest BCUT2D eigenvalue weighted by Gasteiger charge is 1.47. The van der Waals surface area contributed by atoms with E-state index in [4.69, 9.17) is 9.32 Å². The van der Waals surface area contributed by atoms with Crippen LogP contribution in [0.15, 0.2) is 0 Å². The normalized spacial score (nSPS) is 4.50. The molecule has 0 fully saturated rings. The first-order chi connectivity index (χ1) is 1.41. The lowest BCUT2D eigenvalue weighted by Gasteiger charge is -1.46. The van der Waals surface area contributed by atoms with Gasteiger partial charge in [-0.2, -0.15) is 0 Å². The van der Waals surface area contributed by atoms with Crippen LogP contribution in [0.3, 0.4) is 0 Å². The van der Waals surface area contributed by atoms with Crippen LogP contribution in [0.2, 0.25) is 0 Å². The lowest BCUT2D eigenvalue weighted by atomic mass is 14.0. The van der Waals surface area contributed by atoms with Gasteiger partial charge in [-0.3, -0.25) is 0 Å². The third-order valence-corrected chi connectivity index (χ3v) is 0. The summed E-state index contributed by atoms with van der Waals surface area (Å²) in [4.78, 5) is 0. The van der Waals surface area contributed by atoms with Gasteiger partial charge in [-0.25, -0.2) is 0 Å². The summed E-state index contributed by atoms with van der Waals surface area (Å²) in [7, 11) is 0. The van der Waals surface area contributed by atoms with Crippen LogP contribution in [0, 0.1) is 11.3 Å². The Labute approximate surface area is 27.9 Å². The summed E-state index contributed by atoms with van der Waals surface area (Å²) in [5.74, 6) is 0. The fraction of sp³-hybridized carbons (Fsp3) is 0. The van der Waals surface area contributed by atoms with Crippen molar-refractivity contribution in [2.45, 2.75) is 0 Å². The molecule has 0 aliphatic rings. The van der Waals surface area contributed by atoms with E-state index >= 15 is 0 Å². The molecule has 0 aliphatic heterocycles. The van der Waals surface area contributed by atoms with Crippen LogP contribution in [-0.4, -0.2) is 4.66 Å². The van der Waals surface area contributed by atoms with E-state index in [1.165, 1.54) is 0 Å². The molecule has 0 saturated carbocycles. The predicted molar refractivity (Wildman–Crippen MR) is 7.24 cm³/mol. The molecular weight excluding hydrogens is 81.5 g/mol. The highest BCUT2D eigenvalue weighted by molar-refractivity contribution is 2.13. The monoisotopic (exact) mass is 85.0 g/mol. The molecule has 4 N–H and O–H groups in total. The molecule has 4 heavy (non-hydrogen) atoms. The van der Waals surface area contributed by atoms with Gasteiger partial charge >= 0.3 is 11.3 Å². The van der Waals surface area contributed by atoms with Crippen molar-refractivity contribution in [3.05, 3.63) is 0 Å². The fourth-order valence-corrected chi connectivity index (χ4v) is 0. The summed E-state index contributed by atoms with van der Waals surface area (Å²) in [5, 5.41) is 0. The SMILES string of the molecule is N.[O-][Cl+]O. The molecule has 0 bridgehead atoms. The Morgan fingerprint density at radius 1 is 1.75 bits per heavy atom. The second-order valence-corrected chi connectivity index (χ2v) is 0.207. The highest BCUT2D eigenvalue weighted by Crippen LogP contribution is 1.13. The van der Waals surface area contributed by atoms with Crippen molar-refractivity contribution in [2.75, 3.05) is 0 Å². The molecule has 0 unspecified atom stereocenters. The molecule has 4 heteroatoms. The summed E-state index contributed by atoms with van der Waals surface area (Å²) in [6.45, 7) is 0. The lowest BCUT2D eigenvalue weighted by molar-refractivity contribution is -1.27. The zero-order valence-corrected chi connectivity index (χ0v) is 2.70. The van der Waals surface area contributed by atoms with E-state index in [0.29, 0.717) is 0 Å². The highest BCUT2D eigenvalue weighted by atomic mass is 35.6. The smallest absolute Gasteiger partial charge is 0.327 e. The van der Waals surface area contributed by atoms with Crippen LogP contribution in [0.5, 0.6) is 0 Å². The van der Waals surface area contributed by atoms with Gasteiger partial charge in [0, 0.05) is 0 Å². The Balaban J connectivity index is 0. The molecule has 0 aromatic heterocycles. The third kappa shape index (κ3) is 103. The third-order valence-electron chi connectivity index (χ3n) is 0. The van der Waals surface area contributed by atoms with Gasteiger partial charge in [0.25, 0.3) is 0 Å². The van der Waals surface area contributed by atoms with Crippen molar-refractivity contribution in [1.82, 2.24) is 6.15 Å². The standard InChI is InChI=1S/ClHO2.H3N/c2-1-3;/h2H;1H3. The minimum atomic E-state index is -0.167. The minimum absolute atomic E-state index is 0. The van der Waals surface area contributed by atoms with E-state index in [0.717, 1.165) is 0 Å². The van der Waals surface area contributed by atoms with Crippen LogP contribution >= 0.6 is 0 Å². The van der Waals surface area contributed by atoms with Crippen molar-refractivity contribution >= 4 is 0 Å².